The second-order valence-electron chi connectivity index (χ2n) is 8.27. The van der Waals surface area contributed by atoms with Crippen LogP contribution in [0, 0.1) is 12.0 Å². The topological polar surface area (TPSA) is 91.4 Å². The maximum Gasteiger partial charge on any atom is 0.224 e. The molecule has 3 aliphatic carbocycles. The lowest BCUT2D eigenvalue weighted by molar-refractivity contribution is -0.116. The molecule has 4 rings (SSSR count). The van der Waals surface area contributed by atoms with Gasteiger partial charge in [-0.05, 0) is 74.5 Å². The molecule has 1 aromatic rings. The molecule has 0 saturated heterocycles. The van der Waals surface area contributed by atoms with E-state index in [1.54, 1.807) is 11.8 Å². The Morgan fingerprint density at radius 2 is 1.82 bits per heavy atom. The van der Waals surface area contributed by atoms with Gasteiger partial charge in [-0.15, -0.1) is 0 Å². The molecule has 6 heteroatoms. The first-order valence-corrected chi connectivity index (χ1v) is 10.3. The number of carbonyl (C=O) groups excluding carboxylic acids is 1. The third-order valence-electron chi connectivity index (χ3n) is 6.72. The van der Waals surface area contributed by atoms with Gasteiger partial charge >= 0.3 is 0 Å². The predicted octanol–water partition coefficient (Wildman–Crippen LogP) is 3.46. The molecule has 3 aliphatic rings. The van der Waals surface area contributed by atoms with E-state index in [2.05, 4.69) is 29.6 Å². The number of rotatable bonds is 8. The lowest BCUT2D eigenvalue weighted by atomic mass is 9.56. The summed E-state index contributed by atoms with van der Waals surface area (Å²) in [5.74, 6) is -0.0165. The van der Waals surface area contributed by atoms with Gasteiger partial charge in [0.05, 0.1) is 12.1 Å². The van der Waals surface area contributed by atoms with Gasteiger partial charge in [-0.2, -0.15) is 0 Å². The molecular formula is C22H33N4O2. The third-order valence-corrected chi connectivity index (χ3v) is 6.72. The Morgan fingerprint density at radius 3 is 2.32 bits per heavy atom. The molecule has 2 bridgehead atoms. The highest BCUT2D eigenvalue weighted by atomic mass is 16.5. The molecule has 1 radical (unpaired) electrons. The van der Waals surface area contributed by atoms with E-state index in [1.807, 2.05) is 13.7 Å². The van der Waals surface area contributed by atoms with E-state index < -0.39 is 0 Å². The van der Waals surface area contributed by atoms with Crippen LogP contribution >= 0.6 is 0 Å². The van der Waals surface area contributed by atoms with Crippen molar-refractivity contribution in [1.29, 1.82) is 5.41 Å². The van der Waals surface area contributed by atoms with Crippen LogP contribution in [0.15, 0.2) is 24.3 Å². The summed E-state index contributed by atoms with van der Waals surface area (Å²) in [5, 5.41) is 9.94. The molecule has 0 aromatic heterocycles. The zero-order valence-electron chi connectivity index (χ0n) is 17.1. The first-order valence-electron chi connectivity index (χ1n) is 10.3. The third kappa shape index (κ3) is 4.32. The number of carbonyl (C=O) groups is 1. The average molecular weight is 386 g/mol. The second-order valence-corrected chi connectivity index (χ2v) is 8.27. The maximum absolute atomic E-state index is 12.1. The summed E-state index contributed by atoms with van der Waals surface area (Å²) in [5.41, 5.74) is 7.99. The number of hydrogen-bond acceptors (Lipinski definition) is 3. The monoisotopic (exact) mass is 385 g/mol. The minimum absolute atomic E-state index is 0.00523. The molecule has 0 unspecified atom stereocenters. The van der Waals surface area contributed by atoms with Crippen LogP contribution < -0.4 is 16.0 Å². The molecule has 153 valence electrons. The van der Waals surface area contributed by atoms with E-state index in [9.17, 15) is 4.79 Å². The van der Waals surface area contributed by atoms with Gasteiger partial charge in [-0.25, -0.2) is 0 Å². The number of unbranched alkanes of at least 4 members (excludes halogenated alkanes) is 1. The molecule has 1 amide bonds. The van der Waals surface area contributed by atoms with Crippen LogP contribution in [0.4, 0.5) is 5.69 Å². The summed E-state index contributed by atoms with van der Waals surface area (Å²) >= 11 is 0. The number of fused-ring (bicyclic) bond motifs is 3. The van der Waals surface area contributed by atoms with E-state index in [0.717, 1.165) is 37.8 Å². The number of nitrogens with zero attached hydrogens (tertiary/aromatic N) is 1. The first kappa shape index (κ1) is 20.6. The second kappa shape index (κ2) is 8.52. The quantitative estimate of drug-likeness (QED) is 0.363. The number of amides is 1. The highest BCUT2D eigenvalue weighted by Crippen LogP contribution is 2.54. The highest BCUT2D eigenvalue weighted by Gasteiger charge is 2.49. The van der Waals surface area contributed by atoms with Crippen LogP contribution in [0.3, 0.4) is 0 Å². The fourth-order valence-corrected chi connectivity index (χ4v) is 4.83. The molecular weight excluding hydrogens is 352 g/mol. The number of nitrogens with one attached hydrogen (secondary N) is 2. The van der Waals surface area contributed by atoms with Gasteiger partial charge < -0.3 is 20.7 Å². The minimum Gasteiger partial charge on any atom is -0.378 e. The fraction of sp³-hybridized carbons (Fsp3) is 0.591. The minimum atomic E-state index is -0.0217. The predicted molar refractivity (Wildman–Crippen MR) is 112 cm³/mol. The standard InChI is InChI=1S/C22H33N4O2/c1-17(27)26(16-4-3-15-25-20(23)24)19-7-5-18(6-8-19)21-9-12-22(28-2,13-10-21)14-11-21/h5-8,16H,3-4,9-15H2,1-2H3,(H4,23,24,25). The lowest BCUT2D eigenvalue weighted by Crippen LogP contribution is -2.49. The van der Waals surface area contributed by atoms with E-state index >= 15 is 0 Å². The summed E-state index contributed by atoms with van der Waals surface area (Å²) in [6, 6.07) is 8.56. The average Bonchev–Trinajstić information content (AvgIpc) is 2.72. The number of hydrogen-bond donors (Lipinski definition) is 3. The van der Waals surface area contributed by atoms with E-state index in [-0.39, 0.29) is 22.9 Å². The molecule has 0 aliphatic heterocycles. The summed E-state index contributed by atoms with van der Waals surface area (Å²) < 4.78 is 5.82. The summed E-state index contributed by atoms with van der Waals surface area (Å²) in [6.07, 6.45) is 8.55. The van der Waals surface area contributed by atoms with Crippen molar-refractivity contribution in [3.63, 3.8) is 0 Å². The van der Waals surface area contributed by atoms with Crippen LogP contribution in [0.2, 0.25) is 0 Å². The number of nitrogens with two attached hydrogens (primary N) is 1. The molecule has 4 N–H and O–H groups in total. The molecule has 6 nitrogen and oxygen atoms in total. The van der Waals surface area contributed by atoms with Crippen molar-refractivity contribution in [3.05, 3.63) is 36.4 Å². The highest BCUT2D eigenvalue weighted by molar-refractivity contribution is 5.92. The van der Waals surface area contributed by atoms with Gasteiger partial charge in [-0.1, -0.05) is 12.1 Å². The van der Waals surface area contributed by atoms with Crippen LogP contribution in [0.5, 0.6) is 0 Å². The largest absolute Gasteiger partial charge is 0.378 e. The van der Waals surface area contributed by atoms with Crippen molar-refractivity contribution >= 4 is 17.6 Å². The van der Waals surface area contributed by atoms with Crippen molar-refractivity contribution in [3.8, 4) is 0 Å². The SMILES string of the molecule is COC12CCC(c3ccc(N([CH]CCCNC(=N)N)C(C)=O)cc3)(CC1)CC2. The van der Waals surface area contributed by atoms with Gasteiger partial charge in [0.2, 0.25) is 5.91 Å². The van der Waals surface area contributed by atoms with E-state index in [0.29, 0.717) is 6.54 Å². The lowest BCUT2D eigenvalue weighted by Gasteiger charge is -2.53. The Balaban J connectivity index is 1.62. The molecule has 3 saturated carbocycles. The van der Waals surface area contributed by atoms with Crippen LogP contribution in [-0.2, 0) is 14.9 Å². The normalized spacial score (nSPS) is 26.1. The van der Waals surface area contributed by atoms with Crippen molar-refractivity contribution < 1.29 is 9.53 Å². The van der Waals surface area contributed by atoms with Gasteiger partial charge in [0.1, 0.15) is 0 Å². The van der Waals surface area contributed by atoms with Crippen molar-refractivity contribution in [2.45, 2.75) is 69.3 Å². The number of methoxy groups -OCH3 is 1. The van der Waals surface area contributed by atoms with E-state index in [1.165, 1.54) is 24.8 Å². The Bertz CT molecular complexity index is 676. The number of guanidine groups is 1. The van der Waals surface area contributed by atoms with Crippen LogP contribution in [0.1, 0.15) is 63.9 Å². The summed E-state index contributed by atoms with van der Waals surface area (Å²) in [4.78, 5) is 13.8. The smallest absolute Gasteiger partial charge is 0.224 e. The van der Waals surface area contributed by atoms with Gasteiger partial charge in [0, 0.05) is 26.3 Å². The van der Waals surface area contributed by atoms with Crippen LogP contribution in [0.25, 0.3) is 0 Å². The zero-order valence-corrected chi connectivity index (χ0v) is 17.1. The Kier molecular flexibility index (Phi) is 6.28. The van der Waals surface area contributed by atoms with E-state index in [4.69, 9.17) is 15.9 Å². The van der Waals surface area contributed by atoms with Gasteiger partial charge in [-0.3, -0.25) is 10.2 Å². The molecule has 1 aromatic carbocycles. The van der Waals surface area contributed by atoms with Crippen molar-refractivity contribution in [1.82, 2.24) is 5.32 Å². The van der Waals surface area contributed by atoms with Crippen LogP contribution in [-0.4, -0.2) is 31.1 Å². The molecule has 0 spiro atoms. The number of ether oxygens (including phenoxy) is 1. The maximum atomic E-state index is 12.1. The number of anilines is 1. The molecule has 28 heavy (non-hydrogen) atoms. The summed E-state index contributed by atoms with van der Waals surface area (Å²) in [6.45, 7) is 4.14. The fourth-order valence-electron chi connectivity index (χ4n) is 4.83. The molecule has 0 atom stereocenters. The number of benzene rings is 1. The van der Waals surface area contributed by atoms with Gasteiger partial charge in [0.15, 0.2) is 5.96 Å². The summed E-state index contributed by atoms with van der Waals surface area (Å²) in [7, 11) is 1.86. The Hall–Kier alpha value is -2.08. The van der Waals surface area contributed by atoms with Gasteiger partial charge in [0.25, 0.3) is 0 Å². The Morgan fingerprint density at radius 1 is 1.21 bits per heavy atom. The Labute approximate surface area is 168 Å². The van der Waals surface area contributed by atoms with Crippen molar-refractivity contribution in [2.24, 2.45) is 5.73 Å². The molecule has 3 fully saturated rings. The zero-order chi connectivity index (χ0) is 20.2. The van der Waals surface area contributed by atoms with Crippen molar-refractivity contribution in [2.75, 3.05) is 18.6 Å². The first-order chi connectivity index (χ1) is 13.4. The molecule has 0 heterocycles.